The summed E-state index contributed by atoms with van der Waals surface area (Å²) in [5, 5.41) is 3.01. The number of hydrogen-bond donors (Lipinski definition) is 1. The number of aromatic nitrogens is 2. The molecular weight excluding hydrogens is 289 g/mol. The van der Waals surface area contributed by atoms with Crippen molar-refractivity contribution in [3.63, 3.8) is 0 Å². The average Bonchev–Trinajstić information content (AvgIpc) is 2.50. The van der Waals surface area contributed by atoms with E-state index in [-0.39, 0.29) is 5.75 Å². The van der Waals surface area contributed by atoms with Crippen LogP contribution in [0.2, 0.25) is 0 Å². The number of halogens is 1. The number of rotatable bonds is 8. The van der Waals surface area contributed by atoms with E-state index in [2.05, 4.69) is 15.3 Å². The number of benzene rings is 1. The molecule has 0 amide bonds. The van der Waals surface area contributed by atoms with Crippen LogP contribution in [0.25, 0.3) is 0 Å². The van der Waals surface area contributed by atoms with Gasteiger partial charge in [-0.05, 0) is 12.1 Å². The first kappa shape index (κ1) is 16.1. The van der Waals surface area contributed by atoms with Gasteiger partial charge in [0.1, 0.15) is 18.8 Å². The number of nitrogens with one attached hydrogen (secondary N) is 1. The lowest BCUT2D eigenvalue weighted by Crippen LogP contribution is -2.05. The molecule has 2 aromatic rings. The van der Waals surface area contributed by atoms with E-state index in [1.165, 1.54) is 12.4 Å². The molecule has 1 aromatic carbocycles. The molecular formula is C15H18FN3O3. The number of methoxy groups -OCH3 is 2. The molecule has 2 rings (SSSR count). The molecule has 0 radical (unpaired) electrons. The Morgan fingerprint density at radius 3 is 2.68 bits per heavy atom. The van der Waals surface area contributed by atoms with Gasteiger partial charge in [-0.25, -0.2) is 14.4 Å². The van der Waals surface area contributed by atoms with Gasteiger partial charge in [-0.2, -0.15) is 0 Å². The van der Waals surface area contributed by atoms with Gasteiger partial charge in [0.05, 0.1) is 18.9 Å². The lowest BCUT2D eigenvalue weighted by molar-refractivity contribution is 0.144. The van der Waals surface area contributed by atoms with Crippen LogP contribution in [0.15, 0.2) is 30.6 Å². The zero-order valence-electron chi connectivity index (χ0n) is 12.5. The molecule has 0 saturated heterocycles. The van der Waals surface area contributed by atoms with E-state index in [0.717, 1.165) is 5.69 Å². The van der Waals surface area contributed by atoms with Gasteiger partial charge in [-0.3, -0.25) is 0 Å². The fraction of sp³-hybridized carbons (Fsp3) is 0.333. The van der Waals surface area contributed by atoms with Crippen LogP contribution in [0.3, 0.4) is 0 Å². The van der Waals surface area contributed by atoms with Crippen LogP contribution in [-0.2, 0) is 16.1 Å². The van der Waals surface area contributed by atoms with Gasteiger partial charge in [0.2, 0.25) is 0 Å². The molecule has 0 saturated carbocycles. The fourth-order valence-electron chi connectivity index (χ4n) is 1.77. The van der Waals surface area contributed by atoms with Crippen LogP contribution in [0.4, 0.5) is 15.9 Å². The lowest BCUT2D eigenvalue weighted by atomic mass is 10.3. The lowest BCUT2D eigenvalue weighted by Gasteiger charge is -2.10. The molecule has 6 nitrogen and oxygen atoms in total. The first-order chi connectivity index (χ1) is 10.7. The minimum atomic E-state index is -0.452. The van der Waals surface area contributed by atoms with Crippen molar-refractivity contribution in [1.82, 2.24) is 9.97 Å². The summed E-state index contributed by atoms with van der Waals surface area (Å²) < 4.78 is 29.0. The fourth-order valence-corrected chi connectivity index (χ4v) is 1.77. The van der Waals surface area contributed by atoms with Crippen LogP contribution in [0.5, 0.6) is 5.75 Å². The van der Waals surface area contributed by atoms with Crippen molar-refractivity contribution >= 4 is 11.5 Å². The topological polar surface area (TPSA) is 65.5 Å². The highest BCUT2D eigenvalue weighted by Crippen LogP contribution is 2.23. The predicted molar refractivity (Wildman–Crippen MR) is 79.8 cm³/mol. The minimum Gasteiger partial charge on any atom is -0.488 e. The summed E-state index contributed by atoms with van der Waals surface area (Å²) in [6, 6.07) is 6.36. The number of anilines is 2. The Labute approximate surface area is 128 Å². The summed E-state index contributed by atoms with van der Waals surface area (Å²) in [5.41, 5.74) is 1.30. The van der Waals surface area contributed by atoms with Gasteiger partial charge in [-0.15, -0.1) is 0 Å². The zero-order valence-corrected chi connectivity index (χ0v) is 12.5. The molecule has 0 fully saturated rings. The number of ether oxygens (including phenoxy) is 3. The summed E-state index contributed by atoms with van der Waals surface area (Å²) in [5.74, 6) is 0.298. The quantitative estimate of drug-likeness (QED) is 0.756. The molecule has 1 heterocycles. The Morgan fingerprint density at radius 2 is 1.95 bits per heavy atom. The van der Waals surface area contributed by atoms with Crippen molar-refractivity contribution in [1.29, 1.82) is 0 Å². The molecule has 7 heteroatoms. The maximum Gasteiger partial charge on any atom is 0.167 e. The summed E-state index contributed by atoms with van der Waals surface area (Å²) in [6.07, 6.45) is 1.43. The standard InChI is InChI=1S/C15H18FN3O3/c1-20-5-6-22-14-4-3-11(7-13(14)16)19-15-8-12(9-21-2)17-10-18-15/h3-4,7-8,10H,5-6,9H2,1-2H3,(H,17,18,19). The average molecular weight is 307 g/mol. The second-order valence-electron chi connectivity index (χ2n) is 4.44. The highest BCUT2D eigenvalue weighted by Gasteiger charge is 2.06. The van der Waals surface area contributed by atoms with Gasteiger partial charge >= 0.3 is 0 Å². The van der Waals surface area contributed by atoms with Gasteiger partial charge in [0.25, 0.3) is 0 Å². The SMILES string of the molecule is COCCOc1ccc(Nc2cc(COC)ncn2)cc1F. The third kappa shape index (κ3) is 4.64. The Bertz CT molecular complexity index is 610. The summed E-state index contributed by atoms with van der Waals surface area (Å²) in [6.45, 7) is 1.09. The number of hydrogen-bond acceptors (Lipinski definition) is 6. The van der Waals surface area contributed by atoms with E-state index >= 15 is 0 Å². The molecule has 118 valence electrons. The van der Waals surface area contributed by atoms with Crippen molar-refractivity contribution in [2.24, 2.45) is 0 Å². The Balaban J connectivity index is 2.04. The van der Waals surface area contributed by atoms with E-state index in [1.54, 1.807) is 32.4 Å². The smallest absolute Gasteiger partial charge is 0.167 e. The van der Waals surface area contributed by atoms with E-state index in [4.69, 9.17) is 14.2 Å². The summed E-state index contributed by atoms with van der Waals surface area (Å²) in [4.78, 5) is 8.14. The summed E-state index contributed by atoms with van der Waals surface area (Å²) in [7, 11) is 3.15. The van der Waals surface area contributed by atoms with E-state index in [0.29, 0.717) is 31.3 Å². The van der Waals surface area contributed by atoms with Gasteiger partial charge in [0.15, 0.2) is 11.6 Å². The Hall–Kier alpha value is -2.25. The van der Waals surface area contributed by atoms with Crippen LogP contribution in [0.1, 0.15) is 5.69 Å². The van der Waals surface area contributed by atoms with Crippen LogP contribution >= 0.6 is 0 Å². The Morgan fingerprint density at radius 1 is 1.09 bits per heavy atom. The van der Waals surface area contributed by atoms with Crippen molar-refractivity contribution < 1.29 is 18.6 Å². The molecule has 1 N–H and O–H groups in total. The maximum atomic E-state index is 13.9. The van der Waals surface area contributed by atoms with E-state index < -0.39 is 5.82 Å². The van der Waals surface area contributed by atoms with Gasteiger partial charge < -0.3 is 19.5 Å². The highest BCUT2D eigenvalue weighted by molar-refractivity contribution is 5.57. The Kier molecular flexibility index (Phi) is 6.05. The van der Waals surface area contributed by atoms with Crippen molar-refractivity contribution in [2.75, 3.05) is 32.8 Å². The normalized spacial score (nSPS) is 10.5. The first-order valence-corrected chi connectivity index (χ1v) is 6.71. The molecule has 0 aliphatic heterocycles. The minimum absolute atomic E-state index is 0.186. The zero-order chi connectivity index (χ0) is 15.8. The second kappa shape index (κ2) is 8.26. The maximum absolute atomic E-state index is 13.9. The summed E-state index contributed by atoms with van der Waals surface area (Å²) >= 11 is 0. The van der Waals surface area contributed by atoms with E-state index in [9.17, 15) is 4.39 Å². The van der Waals surface area contributed by atoms with Crippen molar-refractivity contribution in [2.45, 2.75) is 6.61 Å². The third-order valence-electron chi connectivity index (χ3n) is 2.77. The van der Waals surface area contributed by atoms with Crippen LogP contribution < -0.4 is 10.1 Å². The molecule has 0 bridgehead atoms. The van der Waals surface area contributed by atoms with Gasteiger partial charge in [-0.1, -0.05) is 0 Å². The highest BCUT2D eigenvalue weighted by atomic mass is 19.1. The molecule has 0 aliphatic rings. The van der Waals surface area contributed by atoms with E-state index in [1.807, 2.05) is 0 Å². The first-order valence-electron chi connectivity index (χ1n) is 6.71. The third-order valence-corrected chi connectivity index (χ3v) is 2.77. The van der Waals surface area contributed by atoms with Gasteiger partial charge in [0, 0.05) is 32.0 Å². The second-order valence-corrected chi connectivity index (χ2v) is 4.44. The van der Waals surface area contributed by atoms with Crippen molar-refractivity contribution in [3.8, 4) is 5.75 Å². The molecule has 1 aromatic heterocycles. The van der Waals surface area contributed by atoms with Crippen molar-refractivity contribution in [3.05, 3.63) is 42.1 Å². The number of nitrogens with zero attached hydrogens (tertiary/aromatic N) is 2. The largest absolute Gasteiger partial charge is 0.488 e. The monoisotopic (exact) mass is 307 g/mol. The molecule has 0 aliphatic carbocycles. The molecule has 0 atom stereocenters. The predicted octanol–water partition coefficient (Wildman–Crippen LogP) is 2.53. The molecule has 22 heavy (non-hydrogen) atoms. The van der Waals surface area contributed by atoms with Crippen LogP contribution in [0, 0.1) is 5.82 Å². The molecule has 0 unspecified atom stereocenters. The van der Waals surface area contributed by atoms with Crippen LogP contribution in [-0.4, -0.2) is 37.4 Å². The molecule has 0 spiro atoms.